The number of pyridine rings is 3. The zero-order valence-corrected chi connectivity index (χ0v) is 51.6. The van der Waals surface area contributed by atoms with Crippen LogP contribution in [0.5, 0.6) is 0 Å². The molecule has 9 aromatic heterocycles. The fourth-order valence-electron chi connectivity index (χ4n) is 12.9. The Bertz CT molecular complexity index is 4350. The molecule has 3 aliphatic carbocycles. The number of nitriles is 3. The largest absolute Gasteiger partial charge is 0.382 e. The van der Waals surface area contributed by atoms with E-state index in [9.17, 15) is 29.1 Å². The number of rotatable bonds is 8. The first-order chi connectivity index (χ1) is 43.6. The van der Waals surface area contributed by atoms with Crippen molar-refractivity contribution in [1.82, 2.24) is 87.6 Å². The number of anilines is 5. The molecule has 3 aliphatic heterocycles. The molecule has 3 fully saturated rings. The second kappa shape index (κ2) is 26.2. The van der Waals surface area contributed by atoms with Crippen LogP contribution in [0.3, 0.4) is 0 Å². The highest BCUT2D eigenvalue weighted by molar-refractivity contribution is 7.84. The summed E-state index contributed by atoms with van der Waals surface area (Å²) in [5.41, 5.74) is 10.2. The molecule has 1 unspecified atom stereocenters. The Kier molecular flexibility index (Phi) is 17.7. The summed E-state index contributed by atoms with van der Waals surface area (Å²) in [7, 11) is 4.97. The minimum atomic E-state index is -1.31. The molecule has 0 saturated heterocycles. The molecule has 28 nitrogen and oxygen atoms in total. The SMILES string of the molecule is CN1CCn2nc(N)cc2C1.CN1CCn2nc(Nc3ncc4cc(C#N)c(=O)n(C5CCCC5)c4n3)cc2C1.CN1CCn2nc(Nc3ncc4cc(C#N)c(=O)n(C5CCCC5)c4n3)cc2C1.CS(=O)c1ncc2cc(C#N)c(=O)n(C3CCCC3)c2n1. The summed E-state index contributed by atoms with van der Waals surface area (Å²) >= 11 is 0. The molecule has 6 aliphatic rings. The van der Waals surface area contributed by atoms with Crippen LogP contribution in [0.4, 0.5) is 29.4 Å². The highest BCUT2D eigenvalue weighted by atomic mass is 32.2. The molecule has 3 saturated carbocycles. The molecule has 4 N–H and O–H groups in total. The lowest BCUT2D eigenvalue weighted by Gasteiger charge is -2.22. The first-order valence-electron chi connectivity index (χ1n) is 30.5. The van der Waals surface area contributed by atoms with Crippen molar-refractivity contribution in [3.63, 3.8) is 0 Å². The van der Waals surface area contributed by atoms with Crippen LogP contribution >= 0.6 is 0 Å². The minimum absolute atomic E-state index is 0.0568. The summed E-state index contributed by atoms with van der Waals surface area (Å²) in [5, 5.41) is 49.8. The van der Waals surface area contributed by atoms with Gasteiger partial charge in [-0.25, -0.2) is 19.9 Å². The van der Waals surface area contributed by atoms with E-state index in [-0.39, 0.29) is 56.7 Å². The summed E-state index contributed by atoms with van der Waals surface area (Å²) in [6, 6.07) is 16.8. The number of hydrogen-bond donors (Lipinski definition) is 3. The normalized spacial score (nSPS) is 17.4. The van der Waals surface area contributed by atoms with Crippen molar-refractivity contribution in [2.45, 2.75) is 140 Å². The maximum Gasteiger partial charge on any atom is 0.270 e. The quantitative estimate of drug-likeness (QED) is 0.152. The van der Waals surface area contributed by atoms with Gasteiger partial charge in [0.1, 0.15) is 57.7 Å². The predicted molar refractivity (Wildman–Crippen MR) is 337 cm³/mol. The average Bonchev–Trinajstić information content (AvgIpc) is 0.921. The molecule has 1 atom stereocenters. The third-order valence-electron chi connectivity index (χ3n) is 17.5. The predicted octanol–water partition coefficient (Wildman–Crippen LogP) is 5.75. The van der Waals surface area contributed by atoms with Gasteiger partial charge in [0.2, 0.25) is 17.1 Å². The Balaban J connectivity index is 0.000000122. The van der Waals surface area contributed by atoms with Crippen molar-refractivity contribution < 1.29 is 4.21 Å². The van der Waals surface area contributed by atoms with Gasteiger partial charge in [0.05, 0.1) is 47.5 Å². The second-order valence-electron chi connectivity index (χ2n) is 23.9. The number of nitrogens with two attached hydrogens (primary N) is 1. The lowest BCUT2D eigenvalue weighted by atomic mass is 10.2. The lowest BCUT2D eigenvalue weighted by Crippen LogP contribution is -2.30. The molecular weight excluding hydrogens is 1160 g/mol. The van der Waals surface area contributed by atoms with E-state index in [1.165, 1.54) is 24.2 Å². The van der Waals surface area contributed by atoms with Crippen LogP contribution in [0.1, 0.15) is 129 Å². The maximum atomic E-state index is 12.9. The molecule has 0 bridgehead atoms. The lowest BCUT2D eigenvalue weighted by molar-refractivity contribution is 0.259. The van der Waals surface area contributed by atoms with E-state index in [0.29, 0.717) is 62.5 Å². The third kappa shape index (κ3) is 12.8. The Morgan fingerprint density at radius 1 is 0.489 bits per heavy atom. The Morgan fingerprint density at radius 3 is 1.20 bits per heavy atom. The van der Waals surface area contributed by atoms with Crippen molar-refractivity contribution in [3.05, 3.63) is 120 Å². The monoisotopic (exact) mass is 1230 g/mol. The molecule has 9 aromatic rings. The van der Waals surface area contributed by atoms with Crippen LogP contribution in [-0.2, 0) is 50.1 Å². The van der Waals surface area contributed by atoms with Crippen molar-refractivity contribution in [1.29, 1.82) is 15.8 Å². The van der Waals surface area contributed by atoms with Gasteiger partial charge in [-0.2, -0.15) is 41.0 Å². The number of nitrogens with one attached hydrogen (secondary N) is 2. The van der Waals surface area contributed by atoms with E-state index < -0.39 is 10.8 Å². The van der Waals surface area contributed by atoms with Gasteiger partial charge < -0.3 is 16.4 Å². The average molecular weight is 1240 g/mol. The van der Waals surface area contributed by atoms with Crippen molar-refractivity contribution in [3.8, 4) is 18.2 Å². The van der Waals surface area contributed by atoms with E-state index in [0.717, 1.165) is 147 Å². The summed E-state index contributed by atoms with van der Waals surface area (Å²) in [6.07, 6.45) is 18.3. The number of fused-ring (bicyclic) bond motifs is 6. The zero-order chi connectivity index (χ0) is 62.7. The Hall–Kier alpha value is -9.60. The van der Waals surface area contributed by atoms with Crippen LogP contribution < -0.4 is 33.0 Å². The molecule has 0 amide bonds. The summed E-state index contributed by atoms with van der Waals surface area (Å²) in [5.74, 6) is 2.82. The standard InChI is InChI=1S/2C20H22N8O.C14H14N4O2S.C7H12N4/c2*1-26-6-7-27-16(12-26)9-17(25-27)23-20-22-11-14-8-13(10-21)19(29)28(18(14)24-20)15-4-2-3-5-15;1-21(20)14-16-8-10-6-9(7-15)13(19)18(12(10)17-14)11-4-2-3-5-11;1-10-2-3-11-6(5-10)4-7(8)9-11/h2*8-9,11,15H,2-7,12H2,1H3,(H,22,23,24,25);6,8,11H,2-5H2,1H3;4H,2-3,5H2,1H3,(H2,8,9). The first-order valence-corrected chi connectivity index (χ1v) is 32.0. The van der Waals surface area contributed by atoms with Crippen molar-refractivity contribution in [2.24, 2.45) is 0 Å². The van der Waals surface area contributed by atoms with Gasteiger partial charge >= 0.3 is 0 Å². The van der Waals surface area contributed by atoms with Gasteiger partial charge in [0.25, 0.3) is 16.7 Å². The number of aromatic nitrogens is 15. The third-order valence-corrected chi connectivity index (χ3v) is 18.2. The van der Waals surface area contributed by atoms with Gasteiger partial charge in [0.15, 0.2) is 11.6 Å². The number of hydrogen-bond acceptors (Lipinski definition) is 22. The topological polar surface area (TPSA) is 345 Å². The Morgan fingerprint density at radius 2 is 0.833 bits per heavy atom. The van der Waals surface area contributed by atoms with Gasteiger partial charge in [-0.05, 0) is 77.9 Å². The molecule has 464 valence electrons. The maximum absolute atomic E-state index is 12.9. The number of likely N-dealkylation sites (N-methyl/N-ethyl adjacent to an activating group) is 3. The fraction of sp³-hybridized carbons (Fsp3) is 0.459. The van der Waals surface area contributed by atoms with Gasteiger partial charge in [-0.15, -0.1) is 0 Å². The summed E-state index contributed by atoms with van der Waals surface area (Å²) in [6.45, 7) is 8.33. The van der Waals surface area contributed by atoms with Crippen LogP contribution in [-0.4, -0.2) is 139 Å². The second-order valence-corrected chi connectivity index (χ2v) is 25.2. The Labute approximate surface area is 519 Å². The smallest absolute Gasteiger partial charge is 0.270 e. The van der Waals surface area contributed by atoms with Crippen LogP contribution in [0, 0.1) is 34.0 Å². The minimum Gasteiger partial charge on any atom is -0.382 e. The molecule has 15 rings (SSSR count). The fourth-order valence-corrected chi connectivity index (χ4v) is 13.3. The van der Waals surface area contributed by atoms with E-state index in [1.807, 2.05) is 50.5 Å². The van der Waals surface area contributed by atoms with E-state index in [4.69, 9.17) is 11.0 Å². The van der Waals surface area contributed by atoms with Crippen LogP contribution in [0.2, 0.25) is 0 Å². The molecular formula is C61H70N24O4S. The summed E-state index contributed by atoms with van der Waals surface area (Å²) < 4.78 is 22.5. The number of nitrogen functional groups attached to an aromatic ring is 1. The van der Waals surface area contributed by atoms with E-state index >= 15 is 0 Å². The summed E-state index contributed by atoms with van der Waals surface area (Å²) in [4.78, 5) is 71.4. The van der Waals surface area contributed by atoms with E-state index in [1.54, 1.807) is 38.2 Å². The number of nitrogens with zero attached hydrogens (tertiary/aromatic N) is 21. The van der Waals surface area contributed by atoms with Gasteiger partial charge in [-0.3, -0.25) is 61.0 Å². The van der Waals surface area contributed by atoms with Gasteiger partial charge in [0, 0.05) is 117 Å². The van der Waals surface area contributed by atoms with Crippen LogP contribution in [0.25, 0.3) is 33.1 Å². The first kappa shape index (κ1) is 60.7. The highest BCUT2D eigenvalue weighted by Crippen LogP contribution is 2.34. The van der Waals surface area contributed by atoms with Crippen molar-refractivity contribution >= 4 is 73.3 Å². The van der Waals surface area contributed by atoms with Crippen molar-refractivity contribution in [2.75, 3.05) is 63.4 Å². The molecule has 0 radical (unpaired) electrons. The van der Waals surface area contributed by atoms with Crippen LogP contribution in [0.15, 0.2) is 74.5 Å². The van der Waals surface area contributed by atoms with E-state index in [2.05, 4.69) is 91.7 Å². The molecule has 12 heterocycles. The molecule has 0 spiro atoms. The highest BCUT2D eigenvalue weighted by Gasteiger charge is 2.27. The zero-order valence-electron chi connectivity index (χ0n) is 50.8. The van der Waals surface area contributed by atoms with Gasteiger partial charge in [-0.1, -0.05) is 38.5 Å². The molecule has 90 heavy (non-hydrogen) atoms. The molecule has 0 aromatic carbocycles. The molecule has 29 heteroatoms.